The Balaban J connectivity index is 2.58. The second kappa shape index (κ2) is 4.85. The topological polar surface area (TPSA) is 81.6 Å². The lowest BCUT2D eigenvalue weighted by molar-refractivity contribution is 0.237. The van der Waals surface area contributed by atoms with E-state index in [0.29, 0.717) is 21.9 Å². The zero-order valence-electron chi connectivity index (χ0n) is 10.2. The van der Waals surface area contributed by atoms with Gasteiger partial charge in [-0.2, -0.15) is 0 Å². The third kappa shape index (κ3) is 2.51. The number of aromatic hydroxyl groups is 1. The van der Waals surface area contributed by atoms with Crippen LogP contribution in [0.5, 0.6) is 5.75 Å². The predicted octanol–water partition coefficient (Wildman–Crippen LogP) is 2.75. The Hall–Kier alpha value is -2.14. The molecule has 2 rings (SSSR count). The van der Waals surface area contributed by atoms with E-state index in [9.17, 15) is 15.0 Å². The van der Waals surface area contributed by atoms with Gasteiger partial charge in [0, 0.05) is 21.9 Å². The number of benzene rings is 1. The molecule has 1 atom stereocenters. The minimum Gasteiger partial charge on any atom is -0.508 e. The van der Waals surface area contributed by atoms with Crippen molar-refractivity contribution in [3.8, 4) is 5.75 Å². The number of allylic oxidation sites excluding steroid dienone is 1. The van der Waals surface area contributed by atoms with E-state index in [1.807, 2.05) is 0 Å². The number of nitrogens with one attached hydrogen (secondary N) is 2. The van der Waals surface area contributed by atoms with E-state index in [2.05, 4.69) is 17.2 Å². The summed E-state index contributed by atoms with van der Waals surface area (Å²) in [5, 5.41) is 25.1. The molecular formula is C13H13ClN2O3. The maximum Gasteiger partial charge on any atom is 0.319 e. The number of aliphatic hydroxyl groups is 1. The quantitative estimate of drug-likeness (QED) is 0.629. The summed E-state index contributed by atoms with van der Waals surface area (Å²) in [5.74, 6) is -0.211. The van der Waals surface area contributed by atoms with Crippen molar-refractivity contribution in [1.82, 2.24) is 10.6 Å². The van der Waals surface area contributed by atoms with Crippen LogP contribution in [0.3, 0.4) is 0 Å². The van der Waals surface area contributed by atoms with Crippen LogP contribution in [0.2, 0.25) is 5.02 Å². The van der Waals surface area contributed by atoms with Crippen molar-refractivity contribution < 1.29 is 15.0 Å². The number of amides is 2. The highest BCUT2D eigenvalue weighted by atomic mass is 35.5. The van der Waals surface area contributed by atoms with Crippen LogP contribution in [0.15, 0.2) is 41.8 Å². The number of rotatable bonds is 2. The van der Waals surface area contributed by atoms with Crippen molar-refractivity contribution in [2.24, 2.45) is 0 Å². The van der Waals surface area contributed by atoms with Gasteiger partial charge in [-0.1, -0.05) is 18.2 Å². The lowest BCUT2D eigenvalue weighted by Gasteiger charge is -2.29. The molecule has 0 spiro atoms. The number of phenolic OH excluding ortho intramolecular Hbond substituents is 1. The fourth-order valence-electron chi connectivity index (χ4n) is 2.07. The summed E-state index contributed by atoms with van der Waals surface area (Å²) >= 11 is 5.90. The van der Waals surface area contributed by atoms with Crippen LogP contribution in [0.1, 0.15) is 18.5 Å². The maximum atomic E-state index is 11.5. The summed E-state index contributed by atoms with van der Waals surface area (Å²) in [6.07, 6.45) is 0. The first kappa shape index (κ1) is 13.3. The number of carbonyl (C=O) groups is 1. The lowest BCUT2D eigenvalue weighted by Crippen LogP contribution is -2.43. The molecule has 0 aliphatic carbocycles. The minimum atomic E-state index is -0.704. The number of carbonyl (C=O) groups excluding carboxylic acids is 1. The van der Waals surface area contributed by atoms with Crippen molar-refractivity contribution in [3.63, 3.8) is 0 Å². The van der Waals surface area contributed by atoms with E-state index in [4.69, 9.17) is 11.6 Å². The van der Waals surface area contributed by atoms with Gasteiger partial charge >= 0.3 is 6.03 Å². The number of hydrogen-bond donors (Lipinski definition) is 4. The summed E-state index contributed by atoms with van der Waals surface area (Å²) < 4.78 is 0. The van der Waals surface area contributed by atoms with Crippen molar-refractivity contribution in [2.45, 2.75) is 13.0 Å². The molecule has 1 aromatic rings. The average molecular weight is 281 g/mol. The molecular weight excluding hydrogens is 268 g/mol. The molecule has 0 radical (unpaired) electrons. The number of urea groups is 1. The average Bonchev–Trinajstić information content (AvgIpc) is 2.30. The fraction of sp³-hybridized carbons (Fsp3) is 0.154. The highest BCUT2D eigenvalue weighted by Crippen LogP contribution is 2.35. The molecule has 1 unspecified atom stereocenters. The van der Waals surface area contributed by atoms with Gasteiger partial charge in [0.25, 0.3) is 0 Å². The Morgan fingerprint density at radius 2 is 2.16 bits per heavy atom. The summed E-state index contributed by atoms with van der Waals surface area (Å²) in [6.45, 7) is 5.12. The van der Waals surface area contributed by atoms with Gasteiger partial charge in [-0.3, -0.25) is 0 Å². The van der Waals surface area contributed by atoms with Crippen molar-refractivity contribution in [3.05, 3.63) is 52.4 Å². The van der Waals surface area contributed by atoms with Crippen molar-refractivity contribution in [2.75, 3.05) is 0 Å². The van der Waals surface area contributed by atoms with Crippen LogP contribution in [0.4, 0.5) is 4.79 Å². The first-order chi connectivity index (χ1) is 8.90. The van der Waals surface area contributed by atoms with Gasteiger partial charge in [0.15, 0.2) is 0 Å². The zero-order chi connectivity index (χ0) is 14.2. The number of aliphatic hydroxyl groups excluding tert-OH is 1. The first-order valence-corrected chi connectivity index (χ1v) is 5.93. The Kier molecular flexibility index (Phi) is 3.40. The van der Waals surface area contributed by atoms with Gasteiger partial charge in [0.05, 0.1) is 6.04 Å². The number of hydrogen-bond acceptors (Lipinski definition) is 3. The van der Waals surface area contributed by atoms with Crippen molar-refractivity contribution in [1.29, 1.82) is 0 Å². The largest absolute Gasteiger partial charge is 0.508 e. The SMILES string of the molecule is C=C(O)C1=C(C)NC(=O)NC1c1cc(Cl)ccc1O. The van der Waals surface area contributed by atoms with E-state index < -0.39 is 12.1 Å². The van der Waals surface area contributed by atoms with Gasteiger partial charge in [-0.25, -0.2) is 4.79 Å². The van der Waals surface area contributed by atoms with Crippen LogP contribution in [-0.2, 0) is 0 Å². The smallest absolute Gasteiger partial charge is 0.319 e. The highest BCUT2D eigenvalue weighted by Gasteiger charge is 2.30. The molecule has 0 aromatic heterocycles. The van der Waals surface area contributed by atoms with E-state index in [0.717, 1.165) is 0 Å². The Labute approximate surface area is 115 Å². The second-order valence-electron chi connectivity index (χ2n) is 4.22. The van der Waals surface area contributed by atoms with Gasteiger partial charge in [-0.05, 0) is 25.1 Å². The van der Waals surface area contributed by atoms with Crippen molar-refractivity contribution >= 4 is 17.6 Å². The van der Waals surface area contributed by atoms with Crippen LogP contribution < -0.4 is 10.6 Å². The molecule has 0 fully saturated rings. The molecule has 0 saturated carbocycles. The molecule has 100 valence electrons. The summed E-state index contributed by atoms with van der Waals surface area (Å²) in [7, 11) is 0. The summed E-state index contributed by atoms with van der Waals surface area (Å²) in [5.41, 5.74) is 1.27. The van der Waals surface area contributed by atoms with E-state index in [-0.39, 0.29) is 11.5 Å². The third-order valence-electron chi connectivity index (χ3n) is 2.88. The van der Waals surface area contributed by atoms with E-state index in [1.165, 1.54) is 18.2 Å². The van der Waals surface area contributed by atoms with Gasteiger partial charge < -0.3 is 20.8 Å². The monoisotopic (exact) mass is 280 g/mol. The number of halogens is 1. The molecule has 5 nitrogen and oxygen atoms in total. The van der Waals surface area contributed by atoms with Crippen LogP contribution >= 0.6 is 11.6 Å². The van der Waals surface area contributed by atoms with E-state index in [1.54, 1.807) is 6.92 Å². The molecule has 19 heavy (non-hydrogen) atoms. The van der Waals surface area contributed by atoms with Gasteiger partial charge in [-0.15, -0.1) is 0 Å². The molecule has 2 amide bonds. The normalized spacial score (nSPS) is 18.8. The summed E-state index contributed by atoms with van der Waals surface area (Å²) in [4.78, 5) is 11.5. The highest BCUT2D eigenvalue weighted by molar-refractivity contribution is 6.30. The Morgan fingerprint density at radius 1 is 1.47 bits per heavy atom. The van der Waals surface area contributed by atoms with Gasteiger partial charge in [0.1, 0.15) is 11.5 Å². The molecule has 1 heterocycles. The molecule has 0 saturated heterocycles. The van der Waals surface area contributed by atoms with E-state index >= 15 is 0 Å². The predicted molar refractivity (Wildman–Crippen MR) is 72.0 cm³/mol. The van der Waals surface area contributed by atoms with Crippen LogP contribution in [0.25, 0.3) is 0 Å². The van der Waals surface area contributed by atoms with Crippen LogP contribution in [0, 0.1) is 0 Å². The summed E-state index contributed by atoms with van der Waals surface area (Å²) in [6, 6.07) is 3.37. The third-order valence-corrected chi connectivity index (χ3v) is 3.12. The molecule has 1 aromatic carbocycles. The van der Waals surface area contributed by atoms with Gasteiger partial charge in [0.2, 0.25) is 0 Å². The molecule has 6 heteroatoms. The minimum absolute atomic E-state index is 0.0249. The molecule has 1 aliphatic heterocycles. The Bertz CT molecular complexity index is 596. The lowest BCUT2D eigenvalue weighted by atomic mass is 9.94. The van der Waals surface area contributed by atoms with Crippen LogP contribution in [-0.4, -0.2) is 16.2 Å². The zero-order valence-corrected chi connectivity index (χ0v) is 11.0. The Morgan fingerprint density at radius 3 is 2.79 bits per heavy atom. The first-order valence-electron chi connectivity index (χ1n) is 5.55. The second-order valence-corrected chi connectivity index (χ2v) is 4.66. The molecule has 0 bridgehead atoms. The fourth-order valence-corrected chi connectivity index (χ4v) is 2.25. The standard InChI is InChI=1S/C13H13ClN2O3/c1-6-11(7(2)17)12(16-13(19)15-6)9-5-8(14)3-4-10(9)18/h3-5,12,17-18H,2H2,1H3,(H2,15,16,19). The molecule has 1 aliphatic rings. The number of phenols is 1. The maximum absolute atomic E-state index is 11.5. The molecule has 4 N–H and O–H groups in total.